The van der Waals surface area contributed by atoms with Crippen molar-refractivity contribution in [2.24, 2.45) is 10.7 Å². The minimum absolute atomic E-state index is 0.191. The number of ether oxygens (including phenoxy) is 1. The molecule has 1 atom stereocenters. The van der Waals surface area contributed by atoms with E-state index >= 15 is 0 Å². The van der Waals surface area contributed by atoms with Crippen molar-refractivity contribution in [1.29, 1.82) is 0 Å². The van der Waals surface area contributed by atoms with Gasteiger partial charge in [0.05, 0.1) is 13.2 Å². The number of hydrogen-bond acceptors (Lipinski definition) is 3. The Kier molecular flexibility index (Phi) is 8.80. The molecule has 0 amide bonds. The van der Waals surface area contributed by atoms with E-state index in [-0.39, 0.29) is 6.04 Å². The molecule has 102 valence electrons. The molecular weight excluding hydrogens is 216 g/mol. The summed E-state index contributed by atoms with van der Waals surface area (Å²) < 4.78 is 5.01. The van der Waals surface area contributed by atoms with Crippen molar-refractivity contribution in [2.75, 3.05) is 33.4 Å². The number of nitrogens with one attached hydrogen (secondary N) is 1. The van der Waals surface area contributed by atoms with Gasteiger partial charge in [-0.25, -0.2) is 0 Å². The average molecular weight is 244 g/mol. The highest BCUT2D eigenvalue weighted by molar-refractivity contribution is 5.78. The van der Waals surface area contributed by atoms with Gasteiger partial charge in [0.15, 0.2) is 5.96 Å². The summed E-state index contributed by atoms with van der Waals surface area (Å²) in [6.45, 7) is 11.9. The van der Waals surface area contributed by atoms with Crippen molar-refractivity contribution < 1.29 is 4.74 Å². The molecule has 0 aromatic rings. The van der Waals surface area contributed by atoms with Gasteiger partial charge in [0, 0.05) is 25.7 Å². The molecular formula is C12H28N4O. The fourth-order valence-electron chi connectivity index (χ4n) is 1.67. The van der Waals surface area contributed by atoms with Gasteiger partial charge in [0.2, 0.25) is 0 Å². The van der Waals surface area contributed by atoms with E-state index in [9.17, 15) is 0 Å². The summed E-state index contributed by atoms with van der Waals surface area (Å²) >= 11 is 0. The van der Waals surface area contributed by atoms with Crippen LogP contribution in [0.2, 0.25) is 0 Å². The molecule has 0 aliphatic carbocycles. The predicted octanol–water partition coefficient (Wildman–Crippen LogP) is 0.656. The van der Waals surface area contributed by atoms with Gasteiger partial charge in [0.25, 0.3) is 0 Å². The Hall–Kier alpha value is -0.810. The molecule has 0 unspecified atom stereocenters. The standard InChI is InChI=1S/C12H28N4O/c1-6-16(10(2)3)8-7-14-12(13)15-11(4)9-17-5/h10-11H,6-9H2,1-5H3,(H3,13,14,15)/t11-/m1/s1. The predicted molar refractivity (Wildman–Crippen MR) is 73.3 cm³/mol. The smallest absolute Gasteiger partial charge is 0.188 e. The lowest BCUT2D eigenvalue weighted by molar-refractivity contribution is 0.179. The molecule has 0 radical (unpaired) electrons. The van der Waals surface area contributed by atoms with Gasteiger partial charge in [-0.2, -0.15) is 0 Å². The average Bonchev–Trinajstić information content (AvgIpc) is 2.24. The fourth-order valence-corrected chi connectivity index (χ4v) is 1.67. The first-order valence-corrected chi connectivity index (χ1v) is 6.30. The summed E-state index contributed by atoms with van der Waals surface area (Å²) in [5.41, 5.74) is 5.77. The molecule has 0 aromatic heterocycles. The first-order chi connectivity index (χ1) is 8.01. The van der Waals surface area contributed by atoms with Crippen LogP contribution in [0.5, 0.6) is 0 Å². The number of nitrogens with zero attached hydrogens (tertiary/aromatic N) is 2. The Balaban J connectivity index is 3.90. The van der Waals surface area contributed by atoms with Crippen LogP contribution in [0.15, 0.2) is 4.99 Å². The molecule has 0 heterocycles. The number of guanidine groups is 1. The Bertz CT molecular complexity index is 219. The molecule has 3 N–H and O–H groups in total. The number of likely N-dealkylation sites (N-methyl/N-ethyl adjacent to an activating group) is 1. The number of nitrogens with two attached hydrogens (primary N) is 1. The number of methoxy groups -OCH3 is 1. The van der Waals surface area contributed by atoms with Crippen LogP contribution >= 0.6 is 0 Å². The van der Waals surface area contributed by atoms with E-state index < -0.39 is 0 Å². The van der Waals surface area contributed by atoms with Crippen molar-refractivity contribution in [3.05, 3.63) is 0 Å². The number of aliphatic imine (C=N–C) groups is 1. The molecule has 0 aromatic carbocycles. The molecule has 0 rings (SSSR count). The molecule has 0 bridgehead atoms. The maximum Gasteiger partial charge on any atom is 0.188 e. The highest BCUT2D eigenvalue weighted by Crippen LogP contribution is 1.96. The van der Waals surface area contributed by atoms with Crippen molar-refractivity contribution in [3.8, 4) is 0 Å². The summed E-state index contributed by atoms with van der Waals surface area (Å²) in [5.74, 6) is 0.495. The topological polar surface area (TPSA) is 62.9 Å². The number of hydrogen-bond donors (Lipinski definition) is 2. The van der Waals surface area contributed by atoms with Crippen LogP contribution in [-0.4, -0.2) is 56.3 Å². The summed E-state index contributed by atoms with van der Waals surface area (Å²) in [6.07, 6.45) is 0. The second kappa shape index (κ2) is 9.24. The lowest BCUT2D eigenvalue weighted by Gasteiger charge is -2.23. The minimum Gasteiger partial charge on any atom is -0.383 e. The Morgan fingerprint density at radius 2 is 2.06 bits per heavy atom. The van der Waals surface area contributed by atoms with Crippen molar-refractivity contribution in [1.82, 2.24) is 10.2 Å². The first kappa shape index (κ1) is 16.2. The summed E-state index contributed by atoms with van der Waals surface area (Å²) in [6, 6.07) is 0.743. The Morgan fingerprint density at radius 1 is 1.41 bits per heavy atom. The van der Waals surface area contributed by atoms with Gasteiger partial charge in [-0.3, -0.25) is 9.89 Å². The largest absolute Gasteiger partial charge is 0.383 e. The van der Waals surface area contributed by atoms with Crippen LogP contribution in [0.3, 0.4) is 0 Å². The van der Waals surface area contributed by atoms with Crippen LogP contribution < -0.4 is 11.1 Å². The summed E-state index contributed by atoms with van der Waals surface area (Å²) in [7, 11) is 1.67. The van der Waals surface area contributed by atoms with E-state index in [0.29, 0.717) is 18.6 Å². The normalized spacial score (nSPS) is 14.4. The monoisotopic (exact) mass is 244 g/mol. The second-order valence-corrected chi connectivity index (χ2v) is 4.49. The summed E-state index contributed by atoms with van der Waals surface area (Å²) in [5, 5.41) is 3.09. The zero-order valence-electron chi connectivity index (χ0n) is 11.9. The SMILES string of the molecule is CCN(CCN=C(N)N[C@H](C)COC)C(C)C. The molecule has 0 aliphatic rings. The Morgan fingerprint density at radius 3 is 2.53 bits per heavy atom. The maximum absolute atomic E-state index is 5.77. The molecule has 0 saturated heterocycles. The zero-order chi connectivity index (χ0) is 13.3. The second-order valence-electron chi connectivity index (χ2n) is 4.49. The fraction of sp³-hybridized carbons (Fsp3) is 0.917. The number of rotatable bonds is 8. The first-order valence-electron chi connectivity index (χ1n) is 6.30. The maximum atomic E-state index is 5.77. The Labute approximate surface area is 105 Å². The van der Waals surface area contributed by atoms with Gasteiger partial charge < -0.3 is 15.8 Å². The molecule has 5 heteroatoms. The minimum atomic E-state index is 0.191. The van der Waals surface area contributed by atoms with Crippen molar-refractivity contribution in [3.63, 3.8) is 0 Å². The van der Waals surface area contributed by atoms with Crippen LogP contribution in [0, 0.1) is 0 Å². The van der Waals surface area contributed by atoms with E-state index in [1.807, 2.05) is 6.92 Å². The van der Waals surface area contributed by atoms with Crippen LogP contribution in [0.25, 0.3) is 0 Å². The molecule has 5 nitrogen and oxygen atoms in total. The van der Waals surface area contributed by atoms with Gasteiger partial charge in [0.1, 0.15) is 0 Å². The highest BCUT2D eigenvalue weighted by Gasteiger charge is 2.06. The van der Waals surface area contributed by atoms with Crippen LogP contribution in [-0.2, 0) is 4.74 Å². The van der Waals surface area contributed by atoms with Gasteiger partial charge in [-0.1, -0.05) is 6.92 Å². The van der Waals surface area contributed by atoms with E-state index in [0.717, 1.165) is 19.6 Å². The van der Waals surface area contributed by atoms with Crippen LogP contribution in [0.4, 0.5) is 0 Å². The third kappa shape index (κ3) is 7.99. The molecule has 0 saturated carbocycles. The molecule has 0 fully saturated rings. The third-order valence-electron chi connectivity index (χ3n) is 2.62. The lowest BCUT2D eigenvalue weighted by atomic mass is 10.3. The van der Waals surface area contributed by atoms with Crippen molar-refractivity contribution in [2.45, 2.75) is 39.8 Å². The van der Waals surface area contributed by atoms with Gasteiger partial charge in [-0.05, 0) is 27.3 Å². The van der Waals surface area contributed by atoms with E-state index in [2.05, 4.69) is 36.0 Å². The zero-order valence-corrected chi connectivity index (χ0v) is 11.9. The van der Waals surface area contributed by atoms with Crippen LogP contribution in [0.1, 0.15) is 27.7 Å². The van der Waals surface area contributed by atoms with E-state index in [1.165, 1.54) is 0 Å². The van der Waals surface area contributed by atoms with Gasteiger partial charge in [-0.15, -0.1) is 0 Å². The van der Waals surface area contributed by atoms with E-state index in [4.69, 9.17) is 10.5 Å². The molecule has 17 heavy (non-hydrogen) atoms. The molecule has 0 spiro atoms. The quantitative estimate of drug-likeness (QED) is 0.486. The highest BCUT2D eigenvalue weighted by atomic mass is 16.5. The molecule has 0 aliphatic heterocycles. The lowest BCUT2D eigenvalue weighted by Crippen LogP contribution is -2.41. The van der Waals surface area contributed by atoms with Gasteiger partial charge >= 0.3 is 0 Å². The third-order valence-corrected chi connectivity index (χ3v) is 2.62. The summed E-state index contributed by atoms with van der Waals surface area (Å²) in [4.78, 5) is 6.66. The van der Waals surface area contributed by atoms with E-state index in [1.54, 1.807) is 7.11 Å². The van der Waals surface area contributed by atoms with Crippen molar-refractivity contribution >= 4 is 5.96 Å².